The molecule has 1 amide bonds. The number of amides is 1. The van der Waals surface area contributed by atoms with E-state index in [9.17, 15) is 14.0 Å². The van der Waals surface area contributed by atoms with Crippen LogP contribution in [0, 0.1) is 11.7 Å². The molecule has 5 nitrogen and oxygen atoms in total. The summed E-state index contributed by atoms with van der Waals surface area (Å²) in [5.41, 5.74) is 0.452. The van der Waals surface area contributed by atoms with Crippen molar-refractivity contribution in [1.82, 2.24) is 5.32 Å². The maximum Gasteiger partial charge on any atom is 0.326 e. The molecule has 0 saturated carbocycles. The fourth-order valence-corrected chi connectivity index (χ4v) is 1.74. The van der Waals surface area contributed by atoms with Gasteiger partial charge in [-0.1, -0.05) is 19.9 Å². The number of halogens is 1. The molecule has 20 heavy (non-hydrogen) atoms. The van der Waals surface area contributed by atoms with E-state index in [1.807, 2.05) is 0 Å². The Morgan fingerprint density at radius 2 is 2.05 bits per heavy atom. The monoisotopic (exact) mass is 283 g/mol. The molecular weight excluding hydrogens is 265 g/mol. The van der Waals surface area contributed by atoms with Gasteiger partial charge >= 0.3 is 5.97 Å². The lowest BCUT2D eigenvalue weighted by Gasteiger charge is -2.17. The topological polar surface area (TPSA) is 75.6 Å². The minimum Gasteiger partial charge on any atom is -0.494 e. The Balaban J connectivity index is 2.71. The molecule has 0 saturated heterocycles. The maximum absolute atomic E-state index is 13.5. The van der Waals surface area contributed by atoms with E-state index in [0.717, 1.165) is 0 Å². The highest BCUT2D eigenvalue weighted by Crippen LogP contribution is 2.18. The highest BCUT2D eigenvalue weighted by Gasteiger charge is 2.23. The highest BCUT2D eigenvalue weighted by atomic mass is 19.1. The average Bonchev–Trinajstić information content (AvgIpc) is 2.35. The van der Waals surface area contributed by atoms with Crippen molar-refractivity contribution in [3.05, 3.63) is 29.6 Å². The molecule has 0 spiro atoms. The van der Waals surface area contributed by atoms with Crippen molar-refractivity contribution in [3.63, 3.8) is 0 Å². The van der Waals surface area contributed by atoms with Crippen LogP contribution in [0.25, 0.3) is 0 Å². The molecule has 1 rings (SSSR count). The Morgan fingerprint density at radius 3 is 2.50 bits per heavy atom. The molecule has 0 unspecified atom stereocenters. The number of carbonyl (C=O) groups excluding carboxylic acids is 1. The number of benzene rings is 1. The summed E-state index contributed by atoms with van der Waals surface area (Å²) in [6, 6.07) is 3.23. The number of carbonyl (C=O) groups is 2. The van der Waals surface area contributed by atoms with Gasteiger partial charge in [0.15, 0.2) is 11.6 Å². The molecule has 0 fully saturated rings. The second-order valence-electron chi connectivity index (χ2n) is 4.77. The van der Waals surface area contributed by atoms with Crippen molar-refractivity contribution < 1.29 is 23.8 Å². The van der Waals surface area contributed by atoms with Crippen molar-refractivity contribution in [2.24, 2.45) is 5.92 Å². The molecule has 0 aromatic heterocycles. The normalized spacial score (nSPS) is 12.1. The lowest BCUT2D eigenvalue weighted by molar-refractivity contribution is -0.143. The van der Waals surface area contributed by atoms with Crippen molar-refractivity contribution >= 4 is 11.9 Å². The van der Waals surface area contributed by atoms with Gasteiger partial charge in [-0.2, -0.15) is 0 Å². The lowest BCUT2D eigenvalue weighted by Crippen LogP contribution is -2.44. The summed E-state index contributed by atoms with van der Waals surface area (Å²) in [5, 5.41) is 11.4. The van der Waals surface area contributed by atoms with E-state index in [1.54, 1.807) is 19.9 Å². The molecule has 0 heterocycles. The Labute approximate surface area is 116 Å². The number of ether oxygens (including phenoxy) is 1. The summed E-state index contributed by atoms with van der Waals surface area (Å²) in [4.78, 5) is 22.7. The summed E-state index contributed by atoms with van der Waals surface area (Å²) in [6.07, 6.45) is -0.0859. The van der Waals surface area contributed by atoms with Gasteiger partial charge in [0.05, 0.1) is 13.5 Å². The van der Waals surface area contributed by atoms with Crippen LogP contribution in [-0.4, -0.2) is 30.1 Å². The van der Waals surface area contributed by atoms with E-state index in [1.165, 1.54) is 19.2 Å². The van der Waals surface area contributed by atoms with Crippen molar-refractivity contribution in [1.29, 1.82) is 0 Å². The van der Waals surface area contributed by atoms with Gasteiger partial charge in [-0.15, -0.1) is 0 Å². The van der Waals surface area contributed by atoms with E-state index in [2.05, 4.69) is 5.32 Å². The van der Waals surface area contributed by atoms with E-state index < -0.39 is 23.7 Å². The fourth-order valence-electron chi connectivity index (χ4n) is 1.74. The number of carboxylic acid groups (broad SMARTS) is 1. The zero-order valence-corrected chi connectivity index (χ0v) is 11.6. The third kappa shape index (κ3) is 4.22. The SMILES string of the molecule is COc1ccc(CC(=O)N[C@H](C(=O)O)C(C)C)cc1F. The van der Waals surface area contributed by atoms with Crippen LogP contribution >= 0.6 is 0 Å². The number of nitrogens with one attached hydrogen (secondary N) is 1. The number of carboxylic acids is 1. The molecule has 0 aliphatic carbocycles. The van der Waals surface area contributed by atoms with Crippen LogP contribution in [0.3, 0.4) is 0 Å². The van der Waals surface area contributed by atoms with Gasteiger partial charge in [-0.25, -0.2) is 9.18 Å². The second kappa shape index (κ2) is 6.88. The van der Waals surface area contributed by atoms with Crippen molar-refractivity contribution in [3.8, 4) is 5.75 Å². The molecule has 1 aromatic rings. The van der Waals surface area contributed by atoms with Gasteiger partial charge in [0.25, 0.3) is 0 Å². The van der Waals surface area contributed by atoms with Crippen molar-refractivity contribution in [2.45, 2.75) is 26.3 Å². The first-order valence-electron chi connectivity index (χ1n) is 6.19. The molecule has 1 atom stereocenters. The third-order valence-corrected chi connectivity index (χ3v) is 2.83. The summed E-state index contributed by atoms with van der Waals surface area (Å²) in [6.45, 7) is 3.40. The van der Waals surface area contributed by atoms with Gasteiger partial charge in [-0.05, 0) is 23.6 Å². The van der Waals surface area contributed by atoms with Crippen LogP contribution in [0.5, 0.6) is 5.75 Å². The zero-order valence-electron chi connectivity index (χ0n) is 11.6. The summed E-state index contributed by atoms with van der Waals surface area (Å²) >= 11 is 0. The summed E-state index contributed by atoms with van der Waals surface area (Å²) in [5.74, 6) is -2.25. The molecule has 0 radical (unpaired) electrons. The molecule has 0 aliphatic heterocycles. The van der Waals surface area contributed by atoms with Crippen LogP contribution in [0.4, 0.5) is 4.39 Å². The van der Waals surface area contributed by atoms with Crippen molar-refractivity contribution in [2.75, 3.05) is 7.11 Å². The Kier molecular flexibility index (Phi) is 5.49. The van der Waals surface area contributed by atoms with Crippen LogP contribution in [0.1, 0.15) is 19.4 Å². The van der Waals surface area contributed by atoms with E-state index in [0.29, 0.717) is 5.56 Å². The van der Waals surface area contributed by atoms with E-state index >= 15 is 0 Å². The van der Waals surface area contributed by atoms with Gasteiger partial charge in [-0.3, -0.25) is 4.79 Å². The largest absolute Gasteiger partial charge is 0.494 e. The Morgan fingerprint density at radius 1 is 1.40 bits per heavy atom. The van der Waals surface area contributed by atoms with Crippen LogP contribution in [0.2, 0.25) is 0 Å². The molecule has 6 heteroatoms. The first kappa shape index (κ1) is 15.9. The number of methoxy groups -OCH3 is 1. The first-order valence-corrected chi connectivity index (χ1v) is 6.19. The fraction of sp³-hybridized carbons (Fsp3) is 0.429. The van der Waals surface area contributed by atoms with Crippen LogP contribution in [0.15, 0.2) is 18.2 Å². The second-order valence-corrected chi connectivity index (χ2v) is 4.77. The molecular formula is C14H18FNO4. The molecule has 0 bridgehead atoms. The maximum atomic E-state index is 13.5. The van der Waals surface area contributed by atoms with E-state index in [-0.39, 0.29) is 18.1 Å². The average molecular weight is 283 g/mol. The Hall–Kier alpha value is -2.11. The Bertz CT molecular complexity index is 502. The predicted octanol–water partition coefficient (Wildman–Crippen LogP) is 1.60. The van der Waals surface area contributed by atoms with Crippen LogP contribution in [-0.2, 0) is 16.0 Å². The van der Waals surface area contributed by atoms with Gasteiger partial charge in [0.1, 0.15) is 6.04 Å². The third-order valence-electron chi connectivity index (χ3n) is 2.83. The van der Waals surface area contributed by atoms with Gasteiger partial charge in [0, 0.05) is 0 Å². The number of rotatable bonds is 6. The molecule has 0 aliphatic rings. The summed E-state index contributed by atoms with van der Waals surface area (Å²) < 4.78 is 18.2. The molecule has 2 N–H and O–H groups in total. The highest BCUT2D eigenvalue weighted by molar-refractivity contribution is 5.85. The summed E-state index contributed by atoms with van der Waals surface area (Å²) in [7, 11) is 1.35. The zero-order chi connectivity index (χ0) is 15.3. The number of aliphatic carboxylic acids is 1. The number of hydrogen-bond donors (Lipinski definition) is 2. The predicted molar refractivity (Wildman–Crippen MR) is 71.1 cm³/mol. The number of hydrogen-bond acceptors (Lipinski definition) is 3. The van der Waals surface area contributed by atoms with Crippen LogP contribution < -0.4 is 10.1 Å². The van der Waals surface area contributed by atoms with Gasteiger partial charge in [0.2, 0.25) is 5.91 Å². The smallest absolute Gasteiger partial charge is 0.326 e. The lowest BCUT2D eigenvalue weighted by atomic mass is 10.0. The van der Waals surface area contributed by atoms with Gasteiger partial charge < -0.3 is 15.2 Å². The minimum atomic E-state index is -1.09. The standard InChI is InChI=1S/C14H18FNO4/c1-8(2)13(14(18)19)16-12(17)7-9-4-5-11(20-3)10(15)6-9/h4-6,8,13H,7H2,1-3H3,(H,16,17)(H,18,19)/t13-/m0/s1. The quantitative estimate of drug-likeness (QED) is 0.831. The first-order chi connectivity index (χ1) is 9.35. The molecule has 110 valence electrons. The van der Waals surface area contributed by atoms with E-state index in [4.69, 9.17) is 9.84 Å². The minimum absolute atomic E-state index is 0.0859. The molecule has 1 aromatic carbocycles.